The van der Waals surface area contributed by atoms with Gasteiger partial charge in [-0.1, -0.05) is 95.3 Å². The Morgan fingerprint density at radius 2 is 1.65 bits per heavy atom. The van der Waals surface area contributed by atoms with Crippen molar-refractivity contribution in [3.63, 3.8) is 0 Å². The van der Waals surface area contributed by atoms with Crippen molar-refractivity contribution in [1.29, 1.82) is 0 Å². The van der Waals surface area contributed by atoms with Gasteiger partial charge in [-0.15, -0.1) is 0 Å². The average molecular weight is 496 g/mol. The molecule has 1 fully saturated rings. The van der Waals surface area contributed by atoms with Crippen LogP contribution in [0.4, 0.5) is 4.79 Å². The SMILES string of the molecule is CCCCCCCCCCCCCCC1COC(COC(=O)NCCCCC[n+]2ccsc2)C1. The Morgan fingerprint density at radius 1 is 0.971 bits per heavy atom. The molecule has 0 spiro atoms. The second-order valence-electron chi connectivity index (χ2n) is 10.1. The van der Waals surface area contributed by atoms with Crippen LogP contribution in [0.15, 0.2) is 17.1 Å². The van der Waals surface area contributed by atoms with Gasteiger partial charge in [-0.2, -0.15) is 4.57 Å². The Bertz CT molecular complexity index is 596. The lowest BCUT2D eigenvalue weighted by Crippen LogP contribution is -2.30. The zero-order valence-corrected chi connectivity index (χ0v) is 22.6. The molecule has 196 valence electrons. The Hall–Kier alpha value is -1.14. The number of carbonyl (C=O) groups is 1. The Kier molecular flexibility index (Phi) is 17.2. The summed E-state index contributed by atoms with van der Waals surface area (Å²) in [7, 11) is 0. The van der Waals surface area contributed by atoms with Gasteiger partial charge in [-0.05, 0) is 31.6 Å². The number of amides is 1. The highest BCUT2D eigenvalue weighted by Crippen LogP contribution is 2.25. The number of unbranched alkanes of at least 4 members (excludes halogenated alkanes) is 13. The van der Waals surface area contributed by atoms with Crippen LogP contribution < -0.4 is 9.88 Å². The molecule has 2 heterocycles. The van der Waals surface area contributed by atoms with Crippen LogP contribution in [-0.4, -0.2) is 32.0 Å². The molecule has 1 aliphatic heterocycles. The number of rotatable bonds is 21. The van der Waals surface area contributed by atoms with Crippen molar-refractivity contribution in [2.75, 3.05) is 19.8 Å². The first-order valence-corrected chi connectivity index (χ1v) is 15.2. The number of ether oxygens (including phenoxy) is 2. The van der Waals surface area contributed by atoms with Crippen molar-refractivity contribution < 1.29 is 18.8 Å². The summed E-state index contributed by atoms with van der Waals surface area (Å²) in [6, 6.07) is 0. The summed E-state index contributed by atoms with van der Waals surface area (Å²) in [5.74, 6) is 0.640. The second-order valence-corrected chi connectivity index (χ2v) is 10.8. The number of thiazole rings is 1. The van der Waals surface area contributed by atoms with Crippen molar-refractivity contribution in [2.24, 2.45) is 5.92 Å². The van der Waals surface area contributed by atoms with Crippen LogP contribution in [-0.2, 0) is 16.0 Å². The molecule has 2 rings (SSSR count). The molecule has 1 saturated heterocycles. The maximum Gasteiger partial charge on any atom is 0.407 e. The number of aromatic nitrogens is 1. The molecular formula is C28H51N2O3S+. The summed E-state index contributed by atoms with van der Waals surface area (Å²) < 4.78 is 13.4. The van der Waals surface area contributed by atoms with E-state index in [9.17, 15) is 4.79 Å². The van der Waals surface area contributed by atoms with Gasteiger partial charge in [0.15, 0.2) is 6.20 Å². The number of nitrogens with one attached hydrogen (secondary N) is 1. The third-order valence-corrected chi connectivity index (χ3v) is 7.59. The summed E-state index contributed by atoms with van der Waals surface area (Å²) >= 11 is 1.72. The van der Waals surface area contributed by atoms with E-state index in [-0.39, 0.29) is 12.2 Å². The minimum absolute atomic E-state index is 0.0794. The smallest absolute Gasteiger partial charge is 0.407 e. The van der Waals surface area contributed by atoms with Crippen LogP contribution in [0.5, 0.6) is 0 Å². The Labute approximate surface area is 213 Å². The monoisotopic (exact) mass is 495 g/mol. The van der Waals surface area contributed by atoms with Crippen LogP contribution in [0.25, 0.3) is 0 Å². The topological polar surface area (TPSA) is 51.4 Å². The molecule has 1 aromatic rings. The van der Waals surface area contributed by atoms with Gasteiger partial charge in [-0.3, -0.25) is 0 Å². The molecule has 1 aliphatic rings. The number of carbonyl (C=O) groups excluding carboxylic acids is 1. The molecule has 1 amide bonds. The van der Waals surface area contributed by atoms with Gasteiger partial charge < -0.3 is 14.8 Å². The van der Waals surface area contributed by atoms with Gasteiger partial charge in [0, 0.05) is 13.0 Å². The summed E-state index contributed by atoms with van der Waals surface area (Å²) in [6.45, 7) is 5.23. The molecular weight excluding hydrogens is 444 g/mol. The third-order valence-electron chi connectivity index (χ3n) is 6.92. The van der Waals surface area contributed by atoms with E-state index in [1.807, 2.05) is 0 Å². The van der Waals surface area contributed by atoms with Crippen molar-refractivity contribution in [3.05, 3.63) is 17.1 Å². The summed E-state index contributed by atoms with van der Waals surface area (Å²) in [6.07, 6.45) is 24.1. The highest BCUT2D eigenvalue weighted by molar-refractivity contribution is 7.07. The van der Waals surface area contributed by atoms with E-state index in [4.69, 9.17) is 9.47 Å². The molecule has 2 atom stereocenters. The van der Waals surface area contributed by atoms with Crippen LogP contribution in [0, 0.1) is 5.92 Å². The minimum Gasteiger partial charge on any atom is -0.447 e. The fourth-order valence-corrected chi connectivity index (χ4v) is 5.40. The standard InChI is InChI=1S/C28H50N2O3S/c1-2-3-4-5-6-7-8-9-10-11-12-14-17-26-22-27(32-23-26)24-33-28(31)29-18-15-13-16-19-30-20-21-34-25-30/h20-21,25-27H,2-19,22-24H2,1H3/p+1. The third kappa shape index (κ3) is 15.0. The highest BCUT2D eigenvalue weighted by atomic mass is 32.1. The van der Waals surface area contributed by atoms with E-state index in [0.717, 1.165) is 38.8 Å². The number of alkyl carbamates (subject to hydrolysis) is 1. The summed E-state index contributed by atoms with van der Waals surface area (Å²) in [5.41, 5.74) is 2.13. The van der Waals surface area contributed by atoms with E-state index in [2.05, 4.69) is 33.9 Å². The quantitative estimate of drug-likeness (QED) is 0.142. The van der Waals surface area contributed by atoms with Crippen molar-refractivity contribution in [1.82, 2.24) is 5.32 Å². The van der Waals surface area contributed by atoms with E-state index in [1.54, 1.807) is 11.3 Å². The first-order chi connectivity index (χ1) is 16.8. The lowest BCUT2D eigenvalue weighted by atomic mass is 9.97. The largest absolute Gasteiger partial charge is 0.447 e. The number of nitrogens with zero attached hydrogens (tertiary/aromatic N) is 1. The molecule has 5 nitrogen and oxygen atoms in total. The van der Waals surface area contributed by atoms with Gasteiger partial charge in [0.2, 0.25) is 5.51 Å². The summed E-state index contributed by atoms with van der Waals surface area (Å²) in [5, 5.41) is 4.96. The normalized spacial score (nSPS) is 17.8. The Balaban J connectivity index is 1.32. The lowest BCUT2D eigenvalue weighted by molar-refractivity contribution is -0.692. The van der Waals surface area contributed by atoms with Crippen molar-refractivity contribution in [2.45, 2.75) is 129 Å². The van der Waals surface area contributed by atoms with Crippen molar-refractivity contribution >= 4 is 17.4 Å². The molecule has 34 heavy (non-hydrogen) atoms. The maximum atomic E-state index is 11.9. The van der Waals surface area contributed by atoms with Crippen LogP contribution in [0.2, 0.25) is 0 Å². The molecule has 0 aromatic carbocycles. The highest BCUT2D eigenvalue weighted by Gasteiger charge is 2.26. The zero-order valence-electron chi connectivity index (χ0n) is 21.8. The molecule has 0 saturated carbocycles. The molecule has 0 aliphatic carbocycles. The molecule has 1 aromatic heterocycles. The fourth-order valence-electron chi connectivity index (χ4n) is 4.77. The molecule has 0 radical (unpaired) electrons. The first-order valence-electron chi connectivity index (χ1n) is 14.2. The predicted octanol–water partition coefficient (Wildman–Crippen LogP) is 7.43. The van der Waals surface area contributed by atoms with Gasteiger partial charge in [0.1, 0.15) is 13.2 Å². The molecule has 1 N–H and O–H groups in total. The van der Waals surface area contributed by atoms with E-state index >= 15 is 0 Å². The molecule has 6 heteroatoms. The fraction of sp³-hybridized carbons (Fsp3) is 0.857. The summed E-state index contributed by atoms with van der Waals surface area (Å²) in [4.78, 5) is 11.9. The number of hydrogen-bond donors (Lipinski definition) is 1. The number of hydrogen-bond acceptors (Lipinski definition) is 4. The molecule has 2 unspecified atom stereocenters. The van der Waals surface area contributed by atoms with E-state index in [1.165, 1.54) is 83.5 Å². The first kappa shape index (κ1) is 29.1. The van der Waals surface area contributed by atoms with Gasteiger partial charge in [0.25, 0.3) is 0 Å². The van der Waals surface area contributed by atoms with Crippen LogP contribution in [0.3, 0.4) is 0 Å². The maximum absolute atomic E-state index is 11.9. The molecule has 0 bridgehead atoms. The van der Waals surface area contributed by atoms with Crippen LogP contribution in [0.1, 0.15) is 116 Å². The predicted molar refractivity (Wildman–Crippen MR) is 141 cm³/mol. The van der Waals surface area contributed by atoms with Gasteiger partial charge in [-0.25, -0.2) is 4.79 Å². The van der Waals surface area contributed by atoms with Crippen molar-refractivity contribution in [3.8, 4) is 0 Å². The van der Waals surface area contributed by atoms with Crippen LogP contribution >= 0.6 is 11.3 Å². The van der Waals surface area contributed by atoms with Gasteiger partial charge in [0.05, 0.1) is 18.1 Å². The lowest BCUT2D eigenvalue weighted by Gasteiger charge is -2.11. The van der Waals surface area contributed by atoms with E-state index in [0.29, 0.717) is 19.1 Å². The van der Waals surface area contributed by atoms with Gasteiger partial charge >= 0.3 is 6.09 Å². The minimum atomic E-state index is -0.305. The second kappa shape index (κ2) is 20.1. The Morgan fingerprint density at radius 3 is 2.32 bits per heavy atom. The average Bonchev–Trinajstić information content (AvgIpc) is 3.53. The zero-order chi connectivity index (χ0) is 24.1. The van der Waals surface area contributed by atoms with E-state index < -0.39 is 0 Å². The number of aryl methyl sites for hydroxylation is 1.